The molecule has 0 aromatic carbocycles. The van der Waals surface area contributed by atoms with E-state index in [4.69, 9.17) is 14.9 Å². The van der Waals surface area contributed by atoms with Gasteiger partial charge in [-0.2, -0.15) is 5.26 Å². The van der Waals surface area contributed by atoms with Gasteiger partial charge in [-0.25, -0.2) is 0 Å². The van der Waals surface area contributed by atoms with Crippen molar-refractivity contribution in [3.63, 3.8) is 0 Å². The number of nitriles is 1. The van der Waals surface area contributed by atoms with Gasteiger partial charge in [-0.15, -0.1) is 0 Å². The Labute approximate surface area is 118 Å². The molecule has 0 aliphatic carbocycles. The number of hydrogen-bond donors (Lipinski definition) is 4. The van der Waals surface area contributed by atoms with Crippen molar-refractivity contribution in [2.45, 2.75) is 14.4 Å². The highest BCUT2D eigenvalue weighted by atomic mass is 32.1. The van der Waals surface area contributed by atoms with Crippen molar-refractivity contribution in [1.29, 1.82) is 5.26 Å². The maximum Gasteiger partial charge on any atom is 0.273 e. The molecule has 4 N–H and O–H groups in total. The number of thiol groups is 2. The van der Waals surface area contributed by atoms with E-state index in [0.29, 0.717) is 0 Å². The molecule has 2 amide bonds. The van der Waals surface area contributed by atoms with E-state index >= 15 is 0 Å². The first-order chi connectivity index (χ1) is 7.88. The molecule has 0 bridgehead atoms. The Bertz CT molecular complexity index is 282. The topological polar surface area (TPSA) is 123 Å². The zero-order valence-electron chi connectivity index (χ0n) is 9.15. The molecule has 1 rings (SSSR count). The Kier molecular flexibility index (Phi) is 34.3. The van der Waals surface area contributed by atoms with E-state index < -0.39 is 10.5 Å². The van der Waals surface area contributed by atoms with Gasteiger partial charge in [-0.1, -0.05) is 38.8 Å². The van der Waals surface area contributed by atoms with Crippen LogP contribution < -0.4 is 11.5 Å². The first-order valence-electron chi connectivity index (χ1n) is 4.01. The van der Waals surface area contributed by atoms with Gasteiger partial charge in [0, 0.05) is 19.3 Å². The monoisotopic (exact) mass is 290 g/mol. The number of hydrogen-bond acceptors (Lipinski definition) is 4. The van der Waals surface area contributed by atoms with Gasteiger partial charge in [0.1, 0.15) is 0 Å². The van der Waals surface area contributed by atoms with Crippen molar-refractivity contribution >= 4 is 35.7 Å². The number of carbonyl (C=O) groups excluding carboxylic acids is 2. The van der Waals surface area contributed by atoms with Crippen LogP contribution in [-0.2, 0) is 0 Å². The highest BCUT2D eigenvalue weighted by Gasteiger charge is 1.63. The largest absolute Gasteiger partial charge is 0.361 e. The molecule has 0 atom stereocenters. The Morgan fingerprint density at radius 2 is 1.33 bits per heavy atom. The van der Waals surface area contributed by atoms with Crippen LogP contribution in [0.4, 0.5) is 9.59 Å². The standard InChI is InChI=1S/C5H5N.C2H3N.2CH3NOS.CH4/c1-2-4-6-5-3-1;1-2-3;2*2-1(3)4;/h1-5H;1H3;2*(H3,2,3,4);1H4. The summed E-state index contributed by atoms with van der Waals surface area (Å²) in [4.78, 5) is 22.0. The zero-order valence-corrected chi connectivity index (χ0v) is 10.9. The number of primary amides is 2. The third-order valence-electron chi connectivity index (χ3n) is 0.566. The van der Waals surface area contributed by atoms with Gasteiger partial charge in [0.15, 0.2) is 0 Å². The van der Waals surface area contributed by atoms with E-state index in [1.165, 1.54) is 6.92 Å². The fourth-order valence-electron chi connectivity index (χ4n) is 0.313. The molecule has 6 nitrogen and oxygen atoms in total. The summed E-state index contributed by atoms with van der Waals surface area (Å²) in [5.74, 6) is 0. The van der Waals surface area contributed by atoms with Gasteiger partial charge in [-0.3, -0.25) is 14.6 Å². The minimum absolute atomic E-state index is 0. The van der Waals surface area contributed by atoms with Crippen LogP contribution in [0.2, 0.25) is 0 Å². The van der Waals surface area contributed by atoms with Crippen molar-refractivity contribution in [2.24, 2.45) is 11.5 Å². The van der Waals surface area contributed by atoms with Crippen LogP contribution in [0.5, 0.6) is 0 Å². The molecule has 8 heteroatoms. The molecule has 0 saturated heterocycles. The van der Waals surface area contributed by atoms with Gasteiger partial charge >= 0.3 is 0 Å². The number of pyridine rings is 1. The average Bonchev–Trinajstić information content (AvgIpc) is 2.19. The van der Waals surface area contributed by atoms with E-state index in [1.807, 2.05) is 18.2 Å². The van der Waals surface area contributed by atoms with Crippen LogP contribution in [0.1, 0.15) is 14.4 Å². The molecule has 0 spiro atoms. The quantitative estimate of drug-likeness (QED) is 0.547. The lowest BCUT2D eigenvalue weighted by molar-refractivity contribution is 0.266. The molecule has 0 unspecified atom stereocenters. The average molecular weight is 290 g/mol. The number of nitrogens with two attached hydrogens (primary N) is 2. The first-order valence-corrected chi connectivity index (χ1v) is 4.90. The lowest BCUT2D eigenvalue weighted by Gasteiger charge is -1.70. The van der Waals surface area contributed by atoms with Crippen LogP contribution in [0.3, 0.4) is 0 Å². The number of amides is 2. The molecule has 102 valence electrons. The lowest BCUT2D eigenvalue weighted by Crippen LogP contribution is -1.95. The van der Waals surface area contributed by atoms with Crippen molar-refractivity contribution in [3.05, 3.63) is 30.6 Å². The summed E-state index contributed by atoms with van der Waals surface area (Å²) < 4.78 is 0. The second-order valence-electron chi connectivity index (χ2n) is 1.92. The minimum atomic E-state index is -0.639. The predicted molar refractivity (Wildman–Crippen MR) is 79.4 cm³/mol. The molecule has 1 aromatic rings. The van der Waals surface area contributed by atoms with Crippen LogP contribution in [0.15, 0.2) is 30.6 Å². The zero-order chi connectivity index (χ0) is 14.1. The SMILES string of the molecule is C.CC#N.NC(=O)S.NC(=O)S.c1ccncc1. The van der Waals surface area contributed by atoms with Crippen molar-refractivity contribution in [3.8, 4) is 6.07 Å². The summed E-state index contributed by atoms with van der Waals surface area (Å²) in [6, 6.07) is 7.47. The van der Waals surface area contributed by atoms with E-state index in [2.05, 4.69) is 41.7 Å². The fourth-order valence-corrected chi connectivity index (χ4v) is 0.313. The second kappa shape index (κ2) is 24.5. The number of aromatic nitrogens is 1. The third kappa shape index (κ3) is 137. The van der Waals surface area contributed by atoms with Gasteiger partial charge in [0.05, 0.1) is 6.07 Å². The van der Waals surface area contributed by atoms with Crippen LogP contribution in [-0.4, -0.2) is 15.5 Å². The Hall–Kier alpha value is -1.72. The summed E-state index contributed by atoms with van der Waals surface area (Å²) in [7, 11) is 0. The summed E-state index contributed by atoms with van der Waals surface area (Å²) in [6.07, 6.45) is 3.50. The summed E-state index contributed by atoms with van der Waals surface area (Å²) >= 11 is 6.21. The molecule has 0 fully saturated rings. The van der Waals surface area contributed by atoms with Gasteiger partial charge < -0.3 is 11.5 Å². The summed E-state index contributed by atoms with van der Waals surface area (Å²) in [5.41, 5.74) is 8.67. The van der Waals surface area contributed by atoms with Crippen LogP contribution in [0.25, 0.3) is 0 Å². The maximum atomic E-state index is 9.09. The Morgan fingerprint density at radius 1 is 1.11 bits per heavy atom. The Balaban J connectivity index is -0.0000000743. The highest BCUT2D eigenvalue weighted by Crippen LogP contribution is 1.73. The second-order valence-corrected chi connectivity index (χ2v) is 2.81. The smallest absolute Gasteiger partial charge is 0.273 e. The minimum Gasteiger partial charge on any atom is -0.361 e. The molecule has 0 aliphatic rings. The van der Waals surface area contributed by atoms with Crippen LogP contribution >= 0.6 is 25.3 Å². The van der Waals surface area contributed by atoms with E-state index in [0.717, 1.165) is 0 Å². The molecular weight excluding hydrogens is 272 g/mol. The van der Waals surface area contributed by atoms with Crippen LogP contribution in [0, 0.1) is 11.3 Å². The lowest BCUT2D eigenvalue weighted by atomic mass is 10.5. The summed E-state index contributed by atoms with van der Waals surface area (Å²) in [5, 5.41) is 6.04. The first kappa shape index (κ1) is 25.2. The van der Waals surface area contributed by atoms with Crippen molar-refractivity contribution < 1.29 is 9.59 Å². The highest BCUT2D eigenvalue weighted by molar-refractivity contribution is 7.96. The van der Waals surface area contributed by atoms with E-state index in [-0.39, 0.29) is 7.43 Å². The number of rotatable bonds is 0. The normalized spacial score (nSPS) is 5.89. The molecule has 1 heterocycles. The molecular formula is C10H18N4O2S2. The maximum absolute atomic E-state index is 9.09. The molecule has 1 aromatic heterocycles. The van der Waals surface area contributed by atoms with E-state index in [9.17, 15) is 0 Å². The van der Waals surface area contributed by atoms with Crippen molar-refractivity contribution in [2.75, 3.05) is 0 Å². The number of carbonyl (C=O) groups is 2. The predicted octanol–water partition coefficient (Wildman–Crippen LogP) is 2.24. The summed E-state index contributed by atoms with van der Waals surface area (Å²) in [6.45, 7) is 1.43. The van der Waals surface area contributed by atoms with Gasteiger partial charge in [0.25, 0.3) is 10.5 Å². The van der Waals surface area contributed by atoms with Gasteiger partial charge in [-0.05, 0) is 12.1 Å². The van der Waals surface area contributed by atoms with E-state index in [1.54, 1.807) is 18.5 Å². The fraction of sp³-hybridized carbons (Fsp3) is 0.200. The molecule has 18 heavy (non-hydrogen) atoms. The molecule has 0 radical (unpaired) electrons. The Morgan fingerprint density at radius 3 is 1.39 bits per heavy atom. The molecule has 0 saturated carbocycles. The third-order valence-corrected chi connectivity index (χ3v) is 0.566. The van der Waals surface area contributed by atoms with Gasteiger partial charge in [0.2, 0.25) is 0 Å². The number of nitrogens with zero attached hydrogens (tertiary/aromatic N) is 2. The molecule has 0 aliphatic heterocycles. The van der Waals surface area contributed by atoms with Crippen molar-refractivity contribution in [1.82, 2.24) is 4.98 Å².